The number of hydrogen-bond acceptors (Lipinski definition) is 7. The van der Waals surface area contributed by atoms with Gasteiger partial charge in [-0.15, -0.1) is 5.10 Å². The second-order valence-corrected chi connectivity index (χ2v) is 14.2. The van der Waals surface area contributed by atoms with Crippen LogP contribution >= 0.6 is 0 Å². The average Bonchev–Trinajstić information content (AvgIpc) is 3.77. The summed E-state index contributed by atoms with van der Waals surface area (Å²) in [5.74, 6) is -3.33. The number of piperidine rings is 1. The van der Waals surface area contributed by atoms with Gasteiger partial charge in [0, 0.05) is 30.6 Å². The minimum Gasteiger partial charge on any atom is -0.487 e. The third kappa shape index (κ3) is 6.93. The van der Waals surface area contributed by atoms with Crippen LogP contribution in [-0.2, 0) is 18.6 Å². The van der Waals surface area contributed by atoms with Gasteiger partial charge in [0.25, 0.3) is 5.91 Å². The average molecular weight is 651 g/mol. The molecule has 0 saturated carbocycles. The van der Waals surface area contributed by atoms with Gasteiger partial charge in [0.05, 0.1) is 18.8 Å². The first-order chi connectivity index (χ1) is 22.3. The first-order valence-electron chi connectivity index (χ1n) is 16.1. The summed E-state index contributed by atoms with van der Waals surface area (Å²) in [4.78, 5) is 17.4. The number of likely N-dealkylation sites (tertiary alicyclic amines) is 2. The molecule has 2 aliphatic rings. The predicted octanol–water partition coefficient (Wildman–Crippen LogP) is 6.81. The zero-order valence-electron chi connectivity index (χ0n) is 27.5. The Morgan fingerprint density at radius 2 is 1.77 bits per heavy atom. The molecule has 6 rings (SSSR count). The summed E-state index contributed by atoms with van der Waals surface area (Å²) < 4.78 is 55.0. The largest absolute Gasteiger partial charge is 0.487 e. The van der Waals surface area contributed by atoms with E-state index in [1.807, 2.05) is 36.9 Å². The van der Waals surface area contributed by atoms with E-state index >= 15 is 0 Å². The van der Waals surface area contributed by atoms with Crippen molar-refractivity contribution in [1.29, 1.82) is 0 Å². The van der Waals surface area contributed by atoms with Crippen molar-refractivity contribution >= 4 is 5.91 Å². The van der Waals surface area contributed by atoms with Crippen molar-refractivity contribution in [2.75, 3.05) is 19.6 Å². The molecular formula is C35H41F3N6O3. The Labute approximate surface area is 272 Å². The second kappa shape index (κ2) is 12.8. The van der Waals surface area contributed by atoms with Gasteiger partial charge < -0.3 is 14.2 Å². The van der Waals surface area contributed by atoms with Gasteiger partial charge in [-0.05, 0) is 80.5 Å². The Bertz CT molecular complexity index is 1710. The van der Waals surface area contributed by atoms with Crippen molar-refractivity contribution in [1.82, 2.24) is 30.0 Å². The molecule has 0 N–H and O–H groups in total. The number of aromatic nitrogens is 4. The minimum atomic E-state index is -1.50. The van der Waals surface area contributed by atoms with E-state index in [4.69, 9.17) is 9.26 Å². The van der Waals surface area contributed by atoms with Gasteiger partial charge in [0.1, 0.15) is 18.1 Å². The highest BCUT2D eigenvalue weighted by Crippen LogP contribution is 2.43. The summed E-state index contributed by atoms with van der Waals surface area (Å²) in [5.41, 5.74) is 1.79. The topological polar surface area (TPSA) is 89.5 Å². The number of carbonyl (C=O) groups is 1. The van der Waals surface area contributed by atoms with Crippen molar-refractivity contribution in [3.05, 3.63) is 94.4 Å². The molecule has 2 aromatic heterocycles. The van der Waals surface area contributed by atoms with Crippen molar-refractivity contribution in [2.45, 2.75) is 89.9 Å². The molecule has 2 saturated heterocycles. The highest BCUT2D eigenvalue weighted by molar-refractivity contribution is 5.93. The van der Waals surface area contributed by atoms with Gasteiger partial charge in [-0.1, -0.05) is 43.3 Å². The molecule has 0 bridgehead atoms. The molecule has 2 unspecified atom stereocenters. The van der Waals surface area contributed by atoms with E-state index in [2.05, 4.69) is 53.3 Å². The molecule has 47 heavy (non-hydrogen) atoms. The van der Waals surface area contributed by atoms with Crippen LogP contribution in [0.15, 0.2) is 53.2 Å². The Morgan fingerprint density at radius 3 is 2.47 bits per heavy atom. The van der Waals surface area contributed by atoms with E-state index in [9.17, 15) is 18.0 Å². The van der Waals surface area contributed by atoms with E-state index < -0.39 is 23.0 Å². The summed E-state index contributed by atoms with van der Waals surface area (Å²) in [7, 11) is 0. The van der Waals surface area contributed by atoms with Crippen LogP contribution in [0, 0.1) is 17.5 Å². The SMILES string of the molecule is CC(C)(C)c1ccc(OCc2cn(C3CCCN(Cc4cc(C(=O)N5CCC(c6cc(F)c(F)c(F)c6)C5(C)C)no4)C3)nn2)cc1. The highest BCUT2D eigenvalue weighted by Gasteiger charge is 2.45. The van der Waals surface area contributed by atoms with E-state index in [-0.39, 0.29) is 29.0 Å². The van der Waals surface area contributed by atoms with Crippen LogP contribution in [0.2, 0.25) is 0 Å². The van der Waals surface area contributed by atoms with Crippen molar-refractivity contribution in [3.63, 3.8) is 0 Å². The molecule has 4 heterocycles. The number of rotatable bonds is 8. The lowest BCUT2D eigenvalue weighted by molar-refractivity contribution is 0.0624. The van der Waals surface area contributed by atoms with Gasteiger partial charge in [-0.25, -0.2) is 17.9 Å². The molecule has 2 fully saturated rings. The lowest BCUT2D eigenvalue weighted by Crippen LogP contribution is -2.45. The summed E-state index contributed by atoms with van der Waals surface area (Å²) in [6, 6.07) is 11.9. The van der Waals surface area contributed by atoms with Crippen LogP contribution in [0.3, 0.4) is 0 Å². The number of halogens is 3. The van der Waals surface area contributed by atoms with Crippen molar-refractivity contribution in [2.24, 2.45) is 0 Å². The Hall–Kier alpha value is -4.19. The number of benzene rings is 2. The number of nitrogens with zero attached hydrogens (tertiary/aromatic N) is 6. The highest BCUT2D eigenvalue weighted by atomic mass is 19.2. The third-order valence-corrected chi connectivity index (χ3v) is 9.52. The summed E-state index contributed by atoms with van der Waals surface area (Å²) in [5, 5.41) is 12.8. The molecule has 0 radical (unpaired) electrons. The van der Waals surface area contributed by atoms with E-state index in [1.54, 1.807) is 11.0 Å². The summed E-state index contributed by atoms with van der Waals surface area (Å²) in [6.45, 7) is 13.0. The number of hydrogen-bond donors (Lipinski definition) is 0. The van der Waals surface area contributed by atoms with Gasteiger partial charge in [0.15, 0.2) is 28.9 Å². The fraction of sp³-hybridized carbons (Fsp3) is 0.486. The molecule has 0 spiro atoms. The molecule has 2 aromatic carbocycles. The maximum atomic E-state index is 14.0. The third-order valence-electron chi connectivity index (χ3n) is 9.52. The van der Waals surface area contributed by atoms with Crippen LogP contribution < -0.4 is 4.74 Å². The van der Waals surface area contributed by atoms with Gasteiger partial charge in [-0.3, -0.25) is 9.69 Å². The molecular weight excluding hydrogens is 609 g/mol. The molecule has 12 heteroatoms. The zero-order valence-corrected chi connectivity index (χ0v) is 27.5. The van der Waals surface area contributed by atoms with Crippen molar-refractivity contribution in [3.8, 4) is 5.75 Å². The van der Waals surface area contributed by atoms with Crippen LogP contribution in [0.25, 0.3) is 0 Å². The normalized spacial score (nSPS) is 20.1. The Balaban J connectivity index is 1.04. The maximum Gasteiger partial charge on any atom is 0.276 e. The van der Waals surface area contributed by atoms with Gasteiger partial charge in [0.2, 0.25) is 0 Å². The summed E-state index contributed by atoms with van der Waals surface area (Å²) in [6.07, 6.45) is 4.33. The first kappa shape index (κ1) is 32.7. The number of ether oxygens (including phenoxy) is 1. The molecule has 9 nitrogen and oxygen atoms in total. The van der Waals surface area contributed by atoms with Crippen LogP contribution in [-0.4, -0.2) is 61.0 Å². The summed E-state index contributed by atoms with van der Waals surface area (Å²) >= 11 is 0. The zero-order chi connectivity index (χ0) is 33.5. The molecule has 2 atom stereocenters. The second-order valence-electron chi connectivity index (χ2n) is 14.2. The molecule has 250 valence electrons. The molecule has 1 amide bonds. The fourth-order valence-electron chi connectivity index (χ4n) is 6.81. The lowest BCUT2D eigenvalue weighted by atomic mass is 9.82. The van der Waals surface area contributed by atoms with Gasteiger partial charge in [-0.2, -0.15) is 0 Å². The number of amides is 1. The van der Waals surface area contributed by atoms with Crippen LogP contribution in [0.1, 0.15) is 98.9 Å². The minimum absolute atomic E-state index is 0.0811. The molecule has 0 aliphatic carbocycles. The first-order valence-corrected chi connectivity index (χ1v) is 16.1. The fourth-order valence-corrected chi connectivity index (χ4v) is 6.81. The standard InChI is InChI=1S/C35H41F3N6O3/c1-34(2,3)23-8-10-26(11-9-23)46-21-24-18-44(41-39-24)25-7-6-13-42(19-25)20-27-17-31(40-47-27)33(45)43-14-12-28(35(43,4)5)22-15-29(36)32(38)30(37)16-22/h8-11,15-18,25,28H,6-7,12-14,19-21H2,1-5H3. The lowest BCUT2D eigenvalue weighted by Gasteiger charge is -2.36. The monoisotopic (exact) mass is 650 g/mol. The molecule has 2 aliphatic heterocycles. The predicted molar refractivity (Wildman–Crippen MR) is 168 cm³/mol. The van der Waals surface area contributed by atoms with E-state index in [0.717, 1.165) is 49.5 Å². The smallest absolute Gasteiger partial charge is 0.276 e. The molecule has 4 aromatic rings. The van der Waals surface area contributed by atoms with E-state index in [1.165, 1.54) is 5.56 Å². The maximum absolute atomic E-state index is 14.0. The van der Waals surface area contributed by atoms with Crippen LogP contribution in [0.4, 0.5) is 13.2 Å². The van der Waals surface area contributed by atoms with E-state index in [0.29, 0.717) is 37.4 Å². The Kier molecular flexibility index (Phi) is 8.90. The van der Waals surface area contributed by atoms with Gasteiger partial charge >= 0.3 is 0 Å². The Morgan fingerprint density at radius 1 is 1.04 bits per heavy atom. The number of carbonyl (C=O) groups excluding carboxylic acids is 1. The quantitative estimate of drug-likeness (QED) is 0.194. The van der Waals surface area contributed by atoms with Crippen LogP contribution in [0.5, 0.6) is 5.75 Å². The van der Waals surface area contributed by atoms with Crippen molar-refractivity contribution < 1.29 is 27.2 Å².